The highest BCUT2D eigenvalue weighted by Crippen LogP contribution is 2.23. The van der Waals surface area contributed by atoms with Gasteiger partial charge in [-0.1, -0.05) is 189 Å². The third-order valence-electron chi connectivity index (χ3n) is 11.6. The number of ether oxygens (including phenoxy) is 4. The van der Waals surface area contributed by atoms with Crippen LogP contribution < -0.4 is 0 Å². The summed E-state index contributed by atoms with van der Waals surface area (Å²) in [5.74, 6) is -0.325. The molecule has 9 heteroatoms. The van der Waals surface area contributed by atoms with E-state index in [4.69, 9.17) is 18.9 Å². The van der Waals surface area contributed by atoms with Gasteiger partial charge in [0, 0.05) is 13.0 Å². The Labute approximate surface area is 391 Å². The highest BCUT2D eigenvalue weighted by molar-refractivity contribution is 5.69. The Balaban J connectivity index is 2.19. The first kappa shape index (κ1) is 59.6. The van der Waals surface area contributed by atoms with Crippen molar-refractivity contribution >= 4 is 5.97 Å². The predicted octanol–water partition coefficient (Wildman–Crippen LogP) is 12.8. The fourth-order valence-electron chi connectivity index (χ4n) is 7.57. The standard InChI is InChI=1S/C55H96O9/c1-3-5-7-9-11-13-15-17-19-20-21-22-23-24-25-26-27-28-29-31-33-35-37-39-41-43-45-61-47-49(48-62-55-54(60)53(59)52(58)50(46-56)64-55)63-51(57)44-42-40-38-36-34-32-30-18-16-14-12-10-8-6-4-2/h5,7,11,13,17-19,21-22,24-25,30,49-50,52-56,58-60H,3-4,6,8-10,12,14-16,20,23,26-29,31-48H2,1-2H3/b7-5-,13-11-,19-17-,22-21-,25-24-,30-18-. The maximum atomic E-state index is 12.8. The van der Waals surface area contributed by atoms with Gasteiger partial charge in [0.05, 0.1) is 19.8 Å². The van der Waals surface area contributed by atoms with Crippen LogP contribution in [0.2, 0.25) is 0 Å². The molecule has 370 valence electrons. The molecule has 1 saturated heterocycles. The Morgan fingerprint density at radius 1 is 0.516 bits per heavy atom. The number of carbonyl (C=O) groups excluding carboxylic acids is 1. The maximum Gasteiger partial charge on any atom is 0.306 e. The second kappa shape index (κ2) is 45.8. The van der Waals surface area contributed by atoms with E-state index in [2.05, 4.69) is 86.8 Å². The summed E-state index contributed by atoms with van der Waals surface area (Å²) >= 11 is 0. The van der Waals surface area contributed by atoms with Crippen LogP contribution in [0.15, 0.2) is 72.9 Å². The summed E-state index contributed by atoms with van der Waals surface area (Å²) in [5, 5.41) is 40.2. The Morgan fingerprint density at radius 2 is 0.953 bits per heavy atom. The molecule has 1 heterocycles. The Kier molecular flexibility index (Phi) is 42.7. The van der Waals surface area contributed by atoms with Gasteiger partial charge >= 0.3 is 5.97 Å². The molecule has 1 aliphatic rings. The van der Waals surface area contributed by atoms with Gasteiger partial charge in [0.2, 0.25) is 0 Å². The van der Waals surface area contributed by atoms with Gasteiger partial charge in [-0.05, 0) is 83.5 Å². The second-order valence-corrected chi connectivity index (χ2v) is 17.6. The fraction of sp³-hybridized carbons (Fsp3) is 0.764. The van der Waals surface area contributed by atoms with Crippen molar-refractivity contribution in [3.05, 3.63) is 72.9 Å². The van der Waals surface area contributed by atoms with Crippen molar-refractivity contribution in [3.8, 4) is 0 Å². The normalized spacial score (nSPS) is 20.1. The van der Waals surface area contributed by atoms with Crippen LogP contribution in [0.1, 0.15) is 206 Å². The minimum atomic E-state index is -1.54. The SMILES string of the molecule is CC/C=C\C/C=C\C/C=C\C/C=C\C/C=C\CCCCCCCCCCCCOCC(COC1OC(CO)C(O)C(O)C1O)OC(=O)CCCCCCC/C=C\CCCCCCCC. The average molecular weight is 901 g/mol. The van der Waals surface area contributed by atoms with E-state index in [1.165, 1.54) is 109 Å². The van der Waals surface area contributed by atoms with Crippen LogP contribution in [0.4, 0.5) is 0 Å². The third-order valence-corrected chi connectivity index (χ3v) is 11.6. The lowest BCUT2D eigenvalue weighted by Crippen LogP contribution is -2.59. The number of unbranched alkanes of at least 4 members (excludes halogenated alkanes) is 21. The number of allylic oxidation sites excluding steroid dienone is 12. The molecule has 0 radical (unpaired) electrons. The molecular formula is C55H96O9. The largest absolute Gasteiger partial charge is 0.457 e. The molecular weight excluding hydrogens is 805 g/mol. The van der Waals surface area contributed by atoms with Gasteiger partial charge in [0.15, 0.2) is 6.29 Å². The Hall–Kier alpha value is -2.37. The Morgan fingerprint density at radius 3 is 1.45 bits per heavy atom. The maximum absolute atomic E-state index is 12.8. The predicted molar refractivity (Wildman–Crippen MR) is 265 cm³/mol. The van der Waals surface area contributed by atoms with Crippen LogP contribution in [0.5, 0.6) is 0 Å². The molecule has 1 rings (SSSR count). The van der Waals surface area contributed by atoms with Crippen LogP contribution in [0, 0.1) is 0 Å². The molecule has 0 saturated carbocycles. The number of hydrogen-bond donors (Lipinski definition) is 4. The zero-order chi connectivity index (χ0) is 46.4. The van der Waals surface area contributed by atoms with Crippen LogP contribution in [-0.2, 0) is 23.7 Å². The molecule has 0 aliphatic carbocycles. The first-order chi connectivity index (χ1) is 31.4. The number of aliphatic hydroxyl groups is 4. The third kappa shape index (κ3) is 35.8. The summed E-state index contributed by atoms with van der Waals surface area (Å²) in [5.41, 5.74) is 0. The van der Waals surface area contributed by atoms with Crippen molar-refractivity contribution in [2.75, 3.05) is 26.4 Å². The first-order valence-corrected chi connectivity index (χ1v) is 26.0. The molecule has 0 aromatic rings. The van der Waals surface area contributed by atoms with Crippen molar-refractivity contribution in [2.24, 2.45) is 0 Å². The number of esters is 1. The number of aliphatic hydroxyl groups excluding tert-OH is 4. The van der Waals surface area contributed by atoms with Crippen molar-refractivity contribution in [3.63, 3.8) is 0 Å². The van der Waals surface area contributed by atoms with E-state index >= 15 is 0 Å². The summed E-state index contributed by atoms with van der Waals surface area (Å²) in [6.07, 6.45) is 53.6. The minimum Gasteiger partial charge on any atom is -0.457 e. The molecule has 1 aliphatic heterocycles. The number of rotatable bonds is 44. The topological polar surface area (TPSA) is 135 Å². The highest BCUT2D eigenvalue weighted by atomic mass is 16.7. The summed E-state index contributed by atoms with van der Waals surface area (Å²) < 4.78 is 22.9. The number of hydrogen-bond acceptors (Lipinski definition) is 9. The van der Waals surface area contributed by atoms with E-state index in [1.54, 1.807) is 0 Å². The highest BCUT2D eigenvalue weighted by Gasteiger charge is 2.44. The van der Waals surface area contributed by atoms with Crippen LogP contribution in [0.3, 0.4) is 0 Å². The van der Waals surface area contributed by atoms with Gasteiger partial charge < -0.3 is 39.4 Å². The lowest BCUT2D eigenvalue weighted by atomic mass is 9.99. The molecule has 9 nitrogen and oxygen atoms in total. The first-order valence-electron chi connectivity index (χ1n) is 26.0. The fourth-order valence-corrected chi connectivity index (χ4v) is 7.57. The molecule has 0 aromatic heterocycles. The monoisotopic (exact) mass is 901 g/mol. The van der Waals surface area contributed by atoms with Gasteiger partial charge in [-0.15, -0.1) is 0 Å². The van der Waals surface area contributed by atoms with Crippen molar-refractivity contribution in [1.29, 1.82) is 0 Å². The van der Waals surface area contributed by atoms with Crippen LogP contribution in [0.25, 0.3) is 0 Å². The summed E-state index contributed by atoms with van der Waals surface area (Å²) in [6, 6.07) is 0. The summed E-state index contributed by atoms with van der Waals surface area (Å²) in [4.78, 5) is 12.8. The van der Waals surface area contributed by atoms with Crippen LogP contribution in [-0.4, -0.2) is 89.6 Å². The van der Waals surface area contributed by atoms with E-state index in [1.807, 2.05) is 0 Å². The zero-order valence-corrected chi connectivity index (χ0v) is 40.8. The van der Waals surface area contributed by atoms with E-state index in [0.717, 1.165) is 77.0 Å². The lowest BCUT2D eigenvalue weighted by molar-refractivity contribution is -0.305. The van der Waals surface area contributed by atoms with E-state index < -0.39 is 43.4 Å². The van der Waals surface area contributed by atoms with Crippen LogP contribution >= 0.6 is 0 Å². The molecule has 0 spiro atoms. The smallest absolute Gasteiger partial charge is 0.306 e. The molecule has 64 heavy (non-hydrogen) atoms. The molecule has 0 bridgehead atoms. The average Bonchev–Trinajstić information content (AvgIpc) is 3.30. The van der Waals surface area contributed by atoms with Crippen molar-refractivity contribution in [1.82, 2.24) is 0 Å². The Bertz CT molecular complexity index is 1210. The molecule has 4 N–H and O–H groups in total. The van der Waals surface area contributed by atoms with Gasteiger partial charge in [-0.2, -0.15) is 0 Å². The van der Waals surface area contributed by atoms with Crippen molar-refractivity contribution < 1.29 is 44.2 Å². The molecule has 0 amide bonds. The van der Waals surface area contributed by atoms with E-state index in [-0.39, 0.29) is 19.2 Å². The van der Waals surface area contributed by atoms with Gasteiger partial charge in [-0.3, -0.25) is 4.79 Å². The van der Waals surface area contributed by atoms with Gasteiger partial charge in [0.25, 0.3) is 0 Å². The van der Waals surface area contributed by atoms with E-state index in [0.29, 0.717) is 13.0 Å². The summed E-state index contributed by atoms with van der Waals surface area (Å²) in [6.45, 7) is 4.42. The van der Waals surface area contributed by atoms with E-state index in [9.17, 15) is 25.2 Å². The molecule has 6 atom stereocenters. The molecule has 6 unspecified atom stereocenters. The zero-order valence-electron chi connectivity index (χ0n) is 40.8. The minimum absolute atomic E-state index is 0.121. The second-order valence-electron chi connectivity index (χ2n) is 17.6. The van der Waals surface area contributed by atoms with Crippen molar-refractivity contribution in [2.45, 2.75) is 243 Å². The quantitative estimate of drug-likeness (QED) is 0.0268. The van der Waals surface area contributed by atoms with Gasteiger partial charge in [-0.25, -0.2) is 0 Å². The number of carbonyl (C=O) groups is 1. The lowest BCUT2D eigenvalue weighted by Gasteiger charge is -2.39. The van der Waals surface area contributed by atoms with Gasteiger partial charge in [0.1, 0.15) is 30.5 Å². The molecule has 1 fully saturated rings. The molecule has 0 aromatic carbocycles. The summed E-state index contributed by atoms with van der Waals surface area (Å²) in [7, 11) is 0.